The molecule has 4 rings (SSSR count). The van der Waals surface area contributed by atoms with Crippen LogP contribution in [0.15, 0.2) is 42.5 Å². The first kappa shape index (κ1) is 27.3. The van der Waals surface area contributed by atoms with E-state index in [4.69, 9.17) is 21.1 Å². The second-order valence-electron chi connectivity index (χ2n) is 10.5. The molecule has 2 heterocycles. The van der Waals surface area contributed by atoms with Gasteiger partial charge < -0.3 is 24.6 Å². The van der Waals surface area contributed by atoms with Crippen LogP contribution in [0.1, 0.15) is 56.3 Å². The van der Waals surface area contributed by atoms with E-state index >= 15 is 0 Å². The lowest BCUT2D eigenvalue weighted by atomic mass is 9.82. The fraction of sp³-hybridized carbons (Fsp3) is 0.517. The van der Waals surface area contributed by atoms with Crippen molar-refractivity contribution in [1.29, 1.82) is 0 Å². The largest absolute Gasteiger partial charge is 0.497 e. The molecule has 37 heavy (non-hydrogen) atoms. The Balaban J connectivity index is 1.63. The number of nitrogens with one attached hydrogen (secondary N) is 1. The molecule has 2 amide bonds. The fourth-order valence-electron chi connectivity index (χ4n) is 5.62. The number of carbonyl (C=O) groups is 2. The zero-order valence-corrected chi connectivity index (χ0v) is 23.0. The van der Waals surface area contributed by atoms with Crippen LogP contribution in [0.2, 0.25) is 5.02 Å². The Morgan fingerprint density at radius 2 is 1.65 bits per heavy atom. The van der Waals surface area contributed by atoms with E-state index in [-0.39, 0.29) is 11.8 Å². The molecule has 2 fully saturated rings. The van der Waals surface area contributed by atoms with Gasteiger partial charge >= 0.3 is 0 Å². The Hall–Kier alpha value is -2.77. The van der Waals surface area contributed by atoms with Crippen LogP contribution in [0, 0.1) is 5.92 Å². The normalized spacial score (nSPS) is 20.0. The summed E-state index contributed by atoms with van der Waals surface area (Å²) in [5.41, 5.74) is -0.0572. The van der Waals surface area contributed by atoms with Gasteiger partial charge in [-0.15, -0.1) is 0 Å². The number of carbonyl (C=O) groups excluding carboxylic acids is 2. The summed E-state index contributed by atoms with van der Waals surface area (Å²) in [6, 6.07) is 12.6. The smallest absolute Gasteiger partial charge is 0.254 e. The van der Waals surface area contributed by atoms with Crippen molar-refractivity contribution in [2.24, 2.45) is 5.92 Å². The van der Waals surface area contributed by atoms with Gasteiger partial charge in [0.15, 0.2) is 0 Å². The van der Waals surface area contributed by atoms with Crippen LogP contribution >= 0.6 is 11.6 Å². The van der Waals surface area contributed by atoms with Gasteiger partial charge in [0.05, 0.1) is 14.2 Å². The van der Waals surface area contributed by atoms with E-state index in [1.54, 1.807) is 61.6 Å². The van der Waals surface area contributed by atoms with E-state index < -0.39 is 5.54 Å². The van der Waals surface area contributed by atoms with E-state index in [2.05, 4.69) is 10.2 Å². The first-order valence-electron chi connectivity index (χ1n) is 13.1. The quantitative estimate of drug-likeness (QED) is 0.492. The molecule has 7 nitrogen and oxygen atoms in total. The van der Waals surface area contributed by atoms with E-state index in [0.717, 1.165) is 32.4 Å². The fourth-order valence-corrected chi connectivity index (χ4v) is 5.75. The second kappa shape index (κ2) is 11.7. The van der Waals surface area contributed by atoms with Crippen LogP contribution in [0.3, 0.4) is 0 Å². The van der Waals surface area contributed by atoms with Gasteiger partial charge in [-0.25, -0.2) is 0 Å². The van der Waals surface area contributed by atoms with Crippen LogP contribution in [0.4, 0.5) is 5.69 Å². The number of nitrogens with zero attached hydrogens (tertiary/aromatic N) is 2. The standard InChI is InChI=1S/C29H38ClN3O4/c1-29(2,28(35)31-23-16-24(36-3)18-25(17-23)37-4)33(27(34)20-10-12-22(30)13-11-20)19-21-8-7-15-32-14-6-5-9-26(21)32/h10-13,16-18,21,26H,5-9,14-15,19H2,1-4H3,(H,31,35)/t21?,26-/m1/s1. The lowest BCUT2D eigenvalue weighted by Gasteiger charge is -2.47. The number of methoxy groups -OCH3 is 2. The molecule has 0 radical (unpaired) electrons. The molecule has 0 saturated carbocycles. The molecule has 8 heteroatoms. The van der Waals surface area contributed by atoms with Crippen LogP contribution in [0.25, 0.3) is 0 Å². The van der Waals surface area contributed by atoms with Crippen LogP contribution in [0.5, 0.6) is 11.5 Å². The molecule has 2 aliphatic heterocycles. The van der Waals surface area contributed by atoms with Gasteiger partial charge in [-0.05, 0) is 82.8 Å². The van der Waals surface area contributed by atoms with Gasteiger partial charge in [-0.1, -0.05) is 18.0 Å². The van der Waals surface area contributed by atoms with Gasteiger partial charge in [0, 0.05) is 47.1 Å². The molecule has 2 atom stereocenters. The molecular weight excluding hydrogens is 490 g/mol. The molecular formula is C29H38ClN3O4. The van der Waals surface area contributed by atoms with Crippen molar-refractivity contribution >= 4 is 29.1 Å². The zero-order chi connectivity index (χ0) is 26.6. The maximum atomic E-state index is 13.9. The monoisotopic (exact) mass is 527 g/mol. The maximum Gasteiger partial charge on any atom is 0.254 e. The van der Waals surface area contributed by atoms with Crippen LogP contribution in [-0.4, -0.2) is 67.0 Å². The average Bonchev–Trinajstić information content (AvgIpc) is 2.91. The van der Waals surface area contributed by atoms with Crippen LogP contribution in [-0.2, 0) is 4.79 Å². The topological polar surface area (TPSA) is 71.1 Å². The molecule has 1 unspecified atom stereocenters. The third-order valence-electron chi connectivity index (χ3n) is 7.82. The first-order valence-corrected chi connectivity index (χ1v) is 13.5. The number of amides is 2. The number of benzene rings is 2. The highest BCUT2D eigenvalue weighted by Crippen LogP contribution is 2.34. The summed E-state index contributed by atoms with van der Waals surface area (Å²) < 4.78 is 10.7. The Bertz CT molecular complexity index is 1080. The van der Waals surface area contributed by atoms with Crippen LogP contribution < -0.4 is 14.8 Å². The third-order valence-corrected chi connectivity index (χ3v) is 8.07. The van der Waals surface area contributed by atoms with Gasteiger partial charge in [0.25, 0.3) is 5.91 Å². The summed E-state index contributed by atoms with van der Waals surface area (Å²) in [7, 11) is 3.13. The number of piperidine rings is 2. The number of ether oxygens (including phenoxy) is 2. The molecule has 0 aliphatic carbocycles. The number of halogens is 1. The molecule has 0 bridgehead atoms. The summed E-state index contributed by atoms with van der Waals surface area (Å²) in [6.45, 7) is 6.39. The predicted molar refractivity (Wildman–Crippen MR) is 147 cm³/mol. The number of fused-ring (bicyclic) bond motifs is 1. The lowest BCUT2D eigenvalue weighted by Crippen LogP contribution is -2.59. The summed E-state index contributed by atoms with van der Waals surface area (Å²) in [4.78, 5) is 32.1. The molecule has 2 aromatic carbocycles. The summed E-state index contributed by atoms with van der Waals surface area (Å²) in [6.07, 6.45) is 5.75. The predicted octanol–water partition coefficient (Wildman–Crippen LogP) is 5.48. The molecule has 0 aromatic heterocycles. The number of anilines is 1. The van der Waals surface area contributed by atoms with E-state index in [0.29, 0.717) is 46.3 Å². The summed E-state index contributed by atoms with van der Waals surface area (Å²) >= 11 is 6.09. The molecule has 2 saturated heterocycles. The van der Waals surface area contributed by atoms with Crippen molar-refractivity contribution in [3.05, 3.63) is 53.1 Å². The van der Waals surface area contributed by atoms with Crippen molar-refractivity contribution < 1.29 is 19.1 Å². The van der Waals surface area contributed by atoms with E-state index in [1.165, 1.54) is 12.8 Å². The SMILES string of the molecule is COc1cc(NC(=O)C(C)(C)N(CC2CCCN3CCCC[C@H]23)C(=O)c2ccc(Cl)cc2)cc(OC)c1. The second-order valence-corrected chi connectivity index (χ2v) is 11.0. The average molecular weight is 528 g/mol. The minimum atomic E-state index is -1.12. The molecule has 2 aliphatic rings. The molecule has 1 N–H and O–H groups in total. The maximum absolute atomic E-state index is 13.9. The molecule has 200 valence electrons. The van der Waals surface area contributed by atoms with Crippen molar-refractivity contribution in [1.82, 2.24) is 9.80 Å². The van der Waals surface area contributed by atoms with Crippen molar-refractivity contribution in [2.75, 3.05) is 39.2 Å². The van der Waals surface area contributed by atoms with E-state index in [1.807, 2.05) is 13.8 Å². The van der Waals surface area contributed by atoms with Gasteiger partial charge in [-0.2, -0.15) is 0 Å². The summed E-state index contributed by atoms with van der Waals surface area (Å²) in [5.74, 6) is 1.01. The van der Waals surface area contributed by atoms with E-state index in [9.17, 15) is 9.59 Å². The lowest BCUT2D eigenvalue weighted by molar-refractivity contribution is -0.125. The van der Waals surface area contributed by atoms with Gasteiger partial charge in [-0.3, -0.25) is 9.59 Å². The zero-order valence-electron chi connectivity index (χ0n) is 22.3. The highest BCUT2D eigenvalue weighted by atomic mass is 35.5. The Kier molecular flexibility index (Phi) is 8.65. The highest BCUT2D eigenvalue weighted by Gasteiger charge is 2.42. The van der Waals surface area contributed by atoms with Crippen molar-refractivity contribution in [2.45, 2.75) is 57.5 Å². The minimum absolute atomic E-state index is 0.173. The minimum Gasteiger partial charge on any atom is -0.497 e. The Morgan fingerprint density at radius 3 is 2.30 bits per heavy atom. The Labute approximate surface area is 225 Å². The number of hydrogen-bond donors (Lipinski definition) is 1. The molecule has 2 aromatic rings. The first-order chi connectivity index (χ1) is 17.7. The van der Waals surface area contributed by atoms with Gasteiger partial charge in [0.1, 0.15) is 17.0 Å². The van der Waals surface area contributed by atoms with Gasteiger partial charge in [0.2, 0.25) is 5.91 Å². The van der Waals surface area contributed by atoms with Crippen molar-refractivity contribution in [3.63, 3.8) is 0 Å². The molecule has 0 spiro atoms. The van der Waals surface area contributed by atoms with Crippen molar-refractivity contribution in [3.8, 4) is 11.5 Å². The number of hydrogen-bond acceptors (Lipinski definition) is 5. The third kappa shape index (κ3) is 6.21. The number of rotatable bonds is 8. The highest BCUT2D eigenvalue weighted by molar-refractivity contribution is 6.30. The summed E-state index contributed by atoms with van der Waals surface area (Å²) in [5, 5.41) is 3.56. The Morgan fingerprint density at radius 1 is 1.00 bits per heavy atom.